The summed E-state index contributed by atoms with van der Waals surface area (Å²) in [6.07, 6.45) is 6.27. The highest BCUT2D eigenvalue weighted by Crippen LogP contribution is 2.55. The van der Waals surface area contributed by atoms with Gasteiger partial charge in [0.25, 0.3) is 0 Å². The fourth-order valence-corrected chi connectivity index (χ4v) is 3.20. The summed E-state index contributed by atoms with van der Waals surface area (Å²) in [6.45, 7) is 8.70. The van der Waals surface area contributed by atoms with Gasteiger partial charge in [-0.2, -0.15) is 0 Å². The van der Waals surface area contributed by atoms with E-state index in [4.69, 9.17) is 9.47 Å². The maximum absolute atomic E-state index is 10.2. The Balaban J connectivity index is 2.35. The molecule has 0 unspecified atom stereocenters. The molecule has 2 rings (SSSR count). The zero-order chi connectivity index (χ0) is 11.6. The maximum Gasteiger partial charge on any atom is 0.177 e. The number of aliphatic hydroxyl groups excluding tert-OH is 1. The van der Waals surface area contributed by atoms with E-state index < -0.39 is 17.3 Å². The predicted molar refractivity (Wildman–Crippen MR) is 61.9 cm³/mol. The lowest BCUT2D eigenvalue weighted by Crippen LogP contribution is -2.51. The summed E-state index contributed by atoms with van der Waals surface area (Å²) in [4.78, 5) is 0. The van der Waals surface area contributed by atoms with Crippen molar-refractivity contribution in [3.05, 3.63) is 25.3 Å². The van der Waals surface area contributed by atoms with E-state index in [0.29, 0.717) is 19.6 Å². The molecule has 0 aromatic heterocycles. The van der Waals surface area contributed by atoms with Crippen LogP contribution in [0.15, 0.2) is 25.3 Å². The van der Waals surface area contributed by atoms with Crippen LogP contribution in [0, 0.1) is 5.41 Å². The minimum absolute atomic E-state index is 0.396. The van der Waals surface area contributed by atoms with E-state index in [1.165, 1.54) is 0 Å². The van der Waals surface area contributed by atoms with Gasteiger partial charge in [0.2, 0.25) is 0 Å². The highest BCUT2D eigenvalue weighted by Gasteiger charge is 2.61. The molecule has 3 nitrogen and oxygen atoms in total. The van der Waals surface area contributed by atoms with Crippen LogP contribution in [0.3, 0.4) is 0 Å². The molecule has 2 atom stereocenters. The van der Waals surface area contributed by atoms with Crippen LogP contribution in [0.25, 0.3) is 0 Å². The van der Waals surface area contributed by atoms with Gasteiger partial charge in [-0.05, 0) is 19.3 Å². The molecule has 3 heteroatoms. The second kappa shape index (κ2) is 4.32. The lowest BCUT2D eigenvalue weighted by atomic mass is 9.73. The number of aliphatic hydroxyl groups is 1. The number of hydrogen-bond donors (Lipinski definition) is 1. The Bertz CT molecular complexity index is 275. The molecule has 2 aliphatic rings. The molecule has 0 aromatic rings. The molecule has 1 aliphatic heterocycles. The first-order chi connectivity index (χ1) is 7.71. The Morgan fingerprint density at radius 1 is 1.25 bits per heavy atom. The fourth-order valence-electron chi connectivity index (χ4n) is 3.20. The van der Waals surface area contributed by atoms with Gasteiger partial charge in [-0.25, -0.2) is 0 Å². The molecule has 0 radical (unpaired) electrons. The van der Waals surface area contributed by atoms with Crippen molar-refractivity contribution in [3.63, 3.8) is 0 Å². The molecule has 1 N–H and O–H groups in total. The van der Waals surface area contributed by atoms with Crippen LogP contribution in [0.2, 0.25) is 0 Å². The minimum Gasteiger partial charge on any atom is -0.388 e. The van der Waals surface area contributed by atoms with Gasteiger partial charge in [-0.1, -0.05) is 12.2 Å². The fraction of sp³-hybridized carbons (Fsp3) is 0.692. The molecular weight excluding hydrogens is 204 g/mol. The Labute approximate surface area is 96.7 Å². The first-order valence-corrected chi connectivity index (χ1v) is 5.90. The highest BCUT2D eigenvalue weighted by atomic mass is 16.7. The van der Waals surface area contributed by atoms with Crippen LogP contribution >= 0.6 is 0 Å². The lowest BCUT2D eigenvalue weighted by Gasteiger charge is -2.43. The molecule has 90 valence electrons. The SMILES string of the molecule is C=CC[C@]1([C@H](O)C=C)CCCC12OCCO2. The zero-order valence-corrected chi connectivity index (χ0v) is 9.65. The summed E-state index contributed by atoms with van der Waals surface area (Å²) >= 11 is 0. The maximum atomic E-state index is 10.2. The lowest BCUT2D eigenvalue weighted by molar-refractivity contribution is -0.241. The monoisotopic (exact) mass is 224 g/mol. The van der Waals surface area contributed by atoms with Crippen LogP contribution in [0.4, 0.5) is 0 Å². The van der Waals surface area contributed by atoms with Crippen molar-refractivity contribution in [2.45, 2.75) is 37.6 Å². The highest BCUT2D eigenvalue weighted by molar-refractivity contribution is 5.11. The second-order valence-electron chi connectivity index (χ2n) is 4.63. The normalized spacial score (nSPS) is 34.1. The Hall–Kier alpha value is -0.640. The van der Waals surface area contributed by atoms with E-state index in [9.17, 15) is 5.11 Å². The van der Waals surface area contributed by atoms with Gasteiger partial charge < -0.3 is 14.6 Å². The van der Waals surface area contributed by atoms with E-state index in [0.717, 1.165) is 19.3 Å². The van der Waals surface area contributed by atoms with Crippen LogP contribution in [-0.2, 0) is 9.47 Å². The van der Waals surface area contributed by atoms with Crippen molar-refractivity contribution in [2.75, 3.05) is 13.2 Å². The molecule has 2 fully saturated rings. The first kappa shape index (κ1) is 11.8. The molecule has 1 saturated carbocycles. The molecule has 1 aliphatic carbocycles. The number of rotatable bonds is 4. The van der Waals surface area contributed by atoms with Gasteiger partial charge in [0.1, 0.15) is 0 Å². The third-order valence-electron chi connectivity index (χ3n) is 3.94. The number of allylic oxidation sites excluding steroid dienone is 1. The van der Waals surface area contributed by atoms with Gasteiger partial charge in [0.05, 0.1) is 24.7 Å². The van der Waals surface area contributed by atoms with Crippen molar-refractivity contribution < 1.29 is 14.6 Å². The smallest absolute Gasteiger partial charge is 0.177 e. The minimum atomic E-state index is -0.616. The Morgan fingerprint density at radius 3 is 2.50 bits per heavy atom. The molecule has 1 heterocycles. The predicted octanol–water partition coefficient (Wildman–Crippen LogP) is 2.02. The second-order valence-corrected chi connectivity index (χ2v) is 4.63. The summed E-state index contributed by atoms with van der Waals surface area (Å²) in [5, 5.41) is 10.2. The zero-order valence-electron chi connectivity index (χ0n) is 9.65. The third-order valence-corrected chi connectivity index (χ3v) is 3.94. The van der Waals surface area contributed by atoms with Gasteiger partial charge in [0.15, 0.2) is 5.79 Å². The Kier molecular flexibility index (Phi) is 3.19. The molecule has 1 spiro atoms. The number of ether oxygens (including phenoxy) is 2. The standard InChI is InChI=1S/C13H20O3/c1-3-6-12(11(14)4-2)7-5-8-13(12)15-9-10-16-13/h3-4,11,14H,1-2,5-10H2/t11-,12-/m1/s1. The third kappa shape index (κ3) is 1.46. The van der Waals surface area contributed by atoms with Gasteiger partial charge in [-0.3, -0.25) is 0 Å². The van der Waals surface area contributed by atoms with Crippen molar-refractivity contribution in [3.8, 4) is 0 Å². The summed E-state index contributed by atoms with van der Waals surface area (Å²) < 4.78 is 11.6. The van der Waals surface area contributed by atoms with Gasteiger partial charge in [0, 0.05) is 6.42 Å². The van der Waals surface area contributed by atoms with Gasteiger partial charge in [-0.15, -0.1) is 13.2 Å². The molecule has 1 saturated heterocycles. The van der Waals surface area contributed by atoms with E-state index in [-0.39, 0.29) is 0 Å². The largest absolute Gasteiger partial charge is 0.388 e. The molecule has 16 heavy (non-hydrogen) atoms. The van der Waals surface area contributed by atoms with E-state index in [1.54, 1.807) is 6.08 Å². The average Bonchev–Trinajstić information content (AvgIpc) is 2.89. The summed E-state index contributed by atoms with van der Waals surface area (Å²) in [5.74, 6) is -0.616. The molecule has 0 aromatic carbocycles. The summed E-state index contributed by atoms with van der Waals surface area (Å²) in [6, 6.07) is 0. The van der Waals surface area contributed by atoms with Crippen LogP contribution in [-0.4, -0.2) is 30.2 Å². The Morgan fingerprint density at radius 2 is 1.94 bits per heavy atom. The number of hydrogen-bond acceptors (Lipinski definition) is 3. The van der Waals surface area contributed by atoms with E-state index in [1.807, 2.05) is 6.08 Å². The quantitative estimate of drug-likeness (QED) is 0.742. The van der Waals surface area contributed by atoms with Crippen LogP contribution in [0.5, 0.6) is 0 Å². The first-order valence-electron chi connectivity index (χ1n) is 5.90. The van der Waals surface area contributed by atoms with Crippen LogP contribution < -0.4 is 0 Å². The summed E-state index contributed by atoms with van der Waals surface area (Å²) in [7, 11) is 0. The molecule has 0 bridgehead atoms. The van der Waals surface area contributed by atoms with Crippen molar-refractivity contribution in [1.82, 2.24) is 0 Å². The topological polar surface area (TPSA) is 38.7 Å². The van der Waals surface area contributed by atoms with E-state index in [2.05, 4.69) is 13.2 Å². The summed E-state index contributed by atoms with van der Waals surface area (Å²) in [5.41, 5.74) is -0.396. The average molecular weight is 224 g/mol. The van der Waals surface area contributed by atoms with Gasteiger partial charge >= 0.3 is 0 Å². The molecule has 0 amide bonds. The van der Waals surface area contributed by atoms with E-state index >= 15 is 0 Å². The molecular formula is C13H20O3. The van der Waals surface area contributed by atoms with Crippen molar-refractivity contribution >= 4 is 0 Å². The van der Waals surface area contributed by atoms with Crippen molar-refractivity contribution in [1.29, 1.82) is 0 Å². The van der Waals surface area contributed by atoms with Crippen molar-refractivity contribution in [2.24, 2.45) is 5.41 Å². The van der Waals surface area contributed by atoms with Crippen LogP contribution in [0.1, 0.15) is 25.7 Å².